The van der Waals surface area contributed by atoms with Crippen molar-refractivity contribution < 1.29 is 9.90 Å². The molecule has 0 bridgehead atoms. The van der Waals surface area contributed by atoms with Crippen molar-refractivity contribution in [3.63, 3.8) is 0 Å². The maximum atomic E-state index is 11.7. The second kappa shape index (κ2) is 7.37. The van der Waals surface area contributed by atoms with Gasteiger partial charge in [0.15, 0.2) is 0 Å². The van der Waals surface area contributed by atoms with E-state index in [-0.39, 0.29) is 18.4 Å². The van der Waals surface area contributed by atoms with Crippen molar-refractivity contribution in [1.82, 2.24) is 10.3 Å². The number of rotatable bonds is 7. The Balaban J connectivity index is 2.40. The van der Waals surface area contributed by atoms with E-state index in [0.29, 0.717) is 31.6 Å². The molecule has 0 saturated heterocycles. The number of amides is 1. The van der Waals surface area contributed by atoms with Crippen LogP contribution in [0.25, 0.3) is 0 Å². The Morgan fingerprint density at radius 3 is 3.12 bits per heavy atom. The monoisotopic (exact) mass is 257 g/mol. The third-order valence-electron chi connectivity index (χ3n) is 2.38. The zero-order valence-corrected chi connectivity index (χ0v) is 10.8. The molecule has 5 nitrogen and oxygen atoms in total. The first-order chi connectivity index (χ1) is 8.17. The van der Waals surface area contributed by atoms with Crippen molar-refractivity contribution in [3.05, 3.63) is 16.1 Å². The quantitative estimate of drug-likeness (QED) is 0.659. The summed E-state index contributed by atoms with van der Waals surface area (Å²) >= 11 is 1.46. The summed E-state index contributed by atoms with van der Waals surface area (Å²) in [6.07, 6.45) is 1.40. The van der Waals surface area contributed by atoms with E-state index < -0.39 is 0 Å². The van der Waals surface area contributed by atoms with Crippen LogP contribution in [0.4, 0.5) is 0 Å². The van der Waals surface area contributed by atoms with E-state index in [1.807, 2.05) is 6.92 Å². The highest BCUT2D eigenvalue weighted by Gasteiger charge is 2.11. The lowest BCUT2D eigenvalue weighted by Gasteiger charge is -2.09. The zero-order chi connectivity index (χ0) is 12.7. The normalized spacial score (nSPS) is 12.4. The average Bonchev–Trinajstić information content (AvgIpc) is 2.75. The molecule has 17 heavy (non-hydrogen) atoms. The van der Waals surface area contributed by atoms with Crippen LogP contribution in [0, 0.1) is 5.92 Å². The zero-order valence-electron chi connectivity index (χ0n) is 9.98. The van der Waals surface area contributed by atoms with Crippen LogP contribution in [-0.4, -0.2) is 35.7 Å². The second-order valence-corrected chi connectivity index (χ2v) is 4.94. The summed E-state index contributed by atoms with van der Waals surface area (Å²) in [7, 11) is 0. The molecule has 1 amide bonds. The summed E-state index contributed by atoms with van der Waals surface area (Å²) in [5, 5.41) is 14.2. The van der Waals surface area contributed by atoms with Gasteiger partial charge in [-0.1, -0.05) is 6.92 Å². The molecule has 0 aliphatic carbocycles. The first-order valence-electron chi connectivity index (χ1n) is 5.71. The van der Waals surface area contributed by atoms with E-state index in [1.54, 1.807) is 5.38 Å². The Bertz CT molecular complexity index is 354. The summed E-state index contributed by atoms with van der Waals surface area (Å²) < 4.78 is 0. The molecule has 1 atom stereocenters. The van der Waals surface area contributed by atoms with Crippen LogP contribution in [0.2, 0.25) is 0 Å². The summed E-state index contributed by atoms with van der Waals surface area (Å²) in [4.78, 5) is 15.9. The van der Waals surface area contributed by atoms with E-state index in [2.05, 4.69) is 10.3 Å². The summed E-state index contributed by atoms with van der Waals surface area (Å²) in [5.74, 6) is 0.111. The van der Waals surface area contributed by atoms with Crippen LogP contribution in [0.5, 0.6) is 0 Å². The van der Waals surface area contributed by atoms with Crippen LogP contribution in [0.1, 0.15) is 28.8 Å². The molecule has 0 fully saturated rings. The van der Waals surface area contributed by atoms with Gasteiger partial charge in [0.2, 0.25) is 0 Å². The number of thiazole rings is 1. The Morgan fingerprint density at radius 2 is 2.47 bits per heavy atom. The lowest BCUT2D eigenvalue weighted by Crippen LogP contribution is -2.28. The molecule has 1 aromatic rings. The average molecular weight is 257 g/mol. The first-order valence-corrected chi connectivity index (χ1v) is 6.58. The molecule has 96 valence electrons. The Morgan fingerprint density at radius 1 is 1.71 bits per heavy atom. The van der Waals surface area contributed by atoms with Gasteiger partial charge in [-0.3, -0.25) is 4.79 Å². The number of nitrogens with zero attached hydrogens (tertiary/aromatic N) is 1. The summed E-state index contributed by atoms with van der Waals surface area (Å²) in [5.41, 5.74) is 5.87. The number of carbonyl (C=O) groups excluding carboxylic acids is 1. The van der Waals surface area contributed by atoms with Gasteiger partial charge >= 0.3 is 0 Å². The van der Waals surface area contributed by atoms with E-state index >= 15 is 0 Å². The van der Waals surface area contributed by atoms with Crippen molar-refractivity contribution in [2.45, 2.75) is 19.8 Å². The Kier molecular flexibility index (Phi) is 6.10. The summed E-state index contributed by atoms with van der Waals surface area (Å²) in [6, 6.07) is 0. The first kappa shape index (κ1) is 14.1. The molecule has 0 saturated carbocycles. The van der Waals surface area contributed by atoms with Crippen molar-refractivity contribution in [3.8, 4) is 0 Å². The molecule has 0 aliphatic heterocycles. The van der Waals surface area contributed by atoms with Crippen molar-refractivity contribution in [2.75, 3.05) is 19.7 Å². The molecular formula is C11H19N3O2S. The number of aliphatic hydroxyl groups is 1. The lowest BCUT2D eigenvalue weighted by molar-refractivity contribution is 0.0941. The molecule has 1 unspecified atom stereocenters. The number of hydrogen-bond donors (Lipinski definition) is 3. The topological polar surface area (TPSA) is 88.2 Å². The maximum Gasteiger partial charge on any atom is 0.270 e. The number of nitrogens with two attached hydrogens (primary N) is 1. The fourth-order valence-corrected chi connectivity index (χ4v) is 2.13. The van der Waals surface area contributed by atoms with Gasteiger partial charge in [-0.25, -0.2) is 4.98 Å². The lowest BCUT2D eigenvalue weighted by atomic mass is 10.1. The van der Waals surface area contributed by atoms with Gasteiger partial charge in [0.1, 0.15) is 5.69 Å². The molecule has 1 rings (SSSR count). The second-order valence-electron chi connectivity index (χ2n) is 3.99. The van der Waals surface area contributed by atoms with Crippen LogP contribution in [-0.2, 0) is 6.42 Å². The van der Waals surface area contributed by atoms with Crippen LogP contribution in [0.3, 0.4) is 0 Å². The Labute approximate surface area is 105 Å². The van der Waals surface area contributed by atoms with Gasteiger partial charge in [0, 0.05) is 25.0 Å². The van der Waals surface area contributed by atoms with Gasteiger partial charge < -0.3 is 16.2 Å². The standard InChI is InChI=1S/C11H19N3O2S/c1-8(3-5-15)6-13-11(16)9-7-17-10(14-9)2-4-12/h7-8,15H,2-6,12H2,1H3,(H,13,16). The molecule has 0 spiro atoms. The molecule has 0 aromatic carbocycles. The van der Waals surface area contributed by atoms with Crippen molar-refractivity contribution >= 4 is 17.2 Å². The van der Waals surface area contributed by atoms with Gasteiger partial charge in [-0.2, -0.15) is 0 Å². The van der Waals surface area contributed by atoms with Crippen LogP contribution in [0.15, 0.2) is 5.38 Å². The van der Waals surface area contributed by atoms with Gasteiger partial charge in [-0.15, -0.1) is 11.3 Å². The smallest absolute Gasteiger partial charge is 0.270 e. The summed E-state index contributed by atoms with van der Waals surface area (Å²) in [6.45, 7) is 3.23. The number of aromatic nitrogens is 1. The van der Waals surface area contributed by atoms with E-state index in [1.165, 1.54) is 11.3 Å². The molecule has 4 N–H and O–H groups in total. The highest BCUT2D eigenvalue weighted by Crippen LogP contribution is 2.10. The molecule has 1 aromatic heterocycles. The Hall–Kier alpha value is -0.980. The third-order valence-corrected chi connectivity index (χ3v) is 3.28. The van der Waals surface area contributed by atoms with Crippen molar-refractivity contribution in [1.29, 1.82) is 0 Å². The van der Waals surface area contributed by atoms with Gasteiger partial charge in [-0.05, 0) is 18.9 Å². The van der Waals surface area contributed by atoms with Crippen molar-refractivity contribution in [2.24, 2.45) is 11.7 Å². The predicted molar refractivity (Wildman–Crippen MR) is 68.1 cm³/mol. The van der Waals surface area contributed by atoms with Crippen LogP contribution >= 0.6 is 11.3 Å². The molecule has 6 heteroatoms. The minimum Gasteiger partial charge on any atom is -0.396 e. The van der Waals surface area contributed by atoms with Gasteiger partial charge in [0.25, 0.3) is 5.91 Å². The fraction of sp³-hybridized carbons (Fsp3) is 0.636. The predicted octanol–water partition coefficient (Wildman–Crippen LogP) is 0.393. The molecule has 0 radical (unpaired) electrons. The molecular weight excluding hydrogens is 238 g/mol. The number of hydrogen-bond acceptors (Lipinski definition) is 5. The number of aliphatic hydroxyl groups excluding tert-OH is 1. The minimum absolute atomic E-state index is 0.147. The van der Waals surface area contributed by atoms with Gasteiger partial charge in [0.05, 0.1) is 5.01 Å². The molecule has 0 aliphatic rings. The van der Waals surface area contributed by atoms with E-state index in [9.17, 15) is 4.79 Å². The van der Waals surface area contributed by atoms with E-state index in [4.69, 9.17) is 10.8 Å². The third kappa shape index (κ3) is 4.80. The molecule has 1 heterocycles. The highest BCUT2D eigenvalue weighted by molar-refractivity contribution is 7.09. The van der Waals surface area contributed by atoms with Crippen LogP contribution < -0.4 is 11.1 Å². The minimum atomic E-state index is -0.158. The largest absolute Gasteiger partial charge is 0.396 e. The number of carbonyl (C=O) groups is 1. The fourth-order valence-electron chi connectivity index (χ4n) is 1.33. The van der Waals surface area contributed by atoms with E-state index in [0.717, 1.165) is 5.01 Å². The number of nitrogens with one attached hydrogen (secondary N) is 1. The maximum absolute atomic E-state index is 11.7. The highest BCUT2D eigenvalue weighted by atomic mass is 32.1. The SMILES string of the molecule is CC(CCO)CNC(=O)c1csc(CCN)n1.